The molecule has 0 radical (unpaired) electrons. The summed E-state index contributed by atoms with van der Waals surface area (Å²) in [6.45, 7) is 12.3. The Morgan fingerprint density at radius 3 is 2.25 bits per heavy atom. The van der Waals surface area contributed by atoms with Gasteiger partial charge in [-0.2, -0.15) is 5.10 Å². The van der Waals surface area contributed by atoms with Crippen LogP contribution in [-0.2, 0) is 10.1 Å². The zero-order valence-electron chi connectivity index (χ0n) is 25.6. The fourth-order valence-corrected chi connectivity index (χ4v) is 5.17. The number of nitrogens with zero attached hydrogens (tertiary/aromatic N) is 6. The molecule has 4 aromatic rings. The van der Waals surface area contributed by atoms with Crippen molar-refractivity contribution in [3.63, 3.8) is 0 Å². The number of benzene rings is 3. The number of hydrogen-bond acceptors (Lipinski definition) is 9. The number of amides is 1. The van der Waals surface area contributed by atoms with E-state index in [1.54, 1.807) is 24.3 Å². The van der Waals surface area contributed by atoms with Crippen LogP contribution in [0, 0.1) is 5.41 Å². The number of anilines is 2. The molecular formula is C31H32N7NaO4S. The third kappa shape index (κ3) is 7.16. The van der Waals surface area contributed by atoms with E-state index in [9.17, 15) is 17.8 Å². The number of fused-ring (bicyclic) bond motifs is 1. The second-order valence-corrected chi connectivity index (χ2v) is 12.4. The van der Waals surface area contributed by atoms with Gasteiger partial charge in [0.15, 0.2) is 5.82 Å². The van der Waals surface area contributed by atoms with Crippen molar-refractivity contribution in [2.75, 3.05) is 23.3 Å². The smallest absolute Gasteiger partial charge is 0.744 e. The molecular weight excluding hydrogens is 589 g/mol. The molecule has 13 heteroatoms. The molecule has 5 rings (SSSR count). The molecule has 0 fully saturated rings. The van der Waals surface area contributed by atoms with Gasteiger partial charge in [0, 0.05) is 41.0 Å². The zero-order chi connectivity index (χ0) is 30.9. The van der Waals surface area contributed by atoms with Crippen molar-refractivity contribution in [3.8, 4) is 11.4 Å². The summed E-state index contributed by atoms with van der Waals surface area (Å²) in [5, 5.41) is 12.0. The fraction of sp³-hybridized carbons (Fsp3) is 0.258. The standard InChI is InChI=1S/C31H33N7O4S.Na/c1-6-37(7-2)24-17-15-22(16-18-24)32-26-27(31(3,4)5)35-38-29(26)34-28(36-38)20-11-13-23(14-12-20)33-30(39)21-9-8-10-25(19-21)43(40,41)42;/h8-19H,6-7H2,1-5H3,(H,33,39)(H,40,41,42);/q;+1/p-1. The van der Waals surface area contributed by atoms with E-state index in [2.05, 4.69) is 62.1 Å². The van der Waals surface area contributed by atoms with Gasteiger partial charge in [-0.1, -0.05) is 26.8 Å². The minimum Gasteiger partial charge on any atom is -0.744 e. The molecule has 1 amide bonds. The minimum absolute atomic E-state index is 0. The largest absolute Gasteiger partial charge is 1.00 e. The van der Waals surface area contributed by atoms with Crippen LogP contribution in [0.15, 0.2) is 87.8 Å². The Balaban J connectivity index is 0.00000442. The second kappa shape index (κ2) is 13.1. The number of rotatable bonds is 8. The normalized spacial score (nSPS) is 13.7. The van der Waals surface area contributed by atoms with Gasteiger partial charge < -0.3 is 14.8 Å². The second-order valence-electron chi connectivity index (χ2n) is 11.0. The molecule has 0 bridgehead atoms. The van der Waals surface area contributed by atoms with Gasteiger partial charge >= 0.3 is 29.6 Å². The molecule has 1 aromatic heterocycles. The van der Waals surface area contributed by atoms with Crippen LogP contribution in [0.25, 0.3) is 11.4 Å². The minimum atomic E-state index is -4.67. The van der Waals surface area contributed by atoms with E-state index in [1.165, 1.54) is 16.9 Å². The van der Waals surface area contributed by atoms with E-state index >= 15 is 0 Å². The summed E-state index contributed by atoms with van der Waals surface area (Å²) < 4.78 is 33.9. The van der Waals surface area contributed by atoms with Gasteiger partial charge in [0.1, 0.15) is 15.8 Å². The summed E-state index contributed by atoms with van der Waals surface area (Å²) in [4.78, 5) is 25.7. The van der Waals surface area contributed by atoms with Crippen molar-refractivity contribution in [2.45, 2.75) is 39.5 Å². The van der Waals surface area contributed by atoms with Crippen LogP contribution in [0.5, 0.6) is 0 Å². The van der Waals surface area contributed by atoms with E-state index in [0.29, 0.717) is 28.6 Å². The summed E-state index contributed by atoms with van der Waals surface area (Å²) in [7, 11) is -4.67. The molecule has 0 saturated carbocycles. The molecule has 0 atom stereocenters. The molecule has 0 saturated heterocycles. The molecule has 1 aliphatic heterocycles. The molecule has 11 nitrogen and oxygen atoms in total. The summed E-state index contributed by atoms with van der Waals surface area (Å²) in [6.07, 6.45) is 0. The number of aromatic nitrogens is 3. The van der Waals surface area contributed by atoms with E-state index in [-0.39, 0.29) is 40.5 Å². The molecule has 1 N–H and O–H groups in total. The van der Waals surface area contributed by atoms with Crippen molar-refractivity contribution >= 4 is 44.5 Å². The van der Waals surface area contributed by atoms with Crippen molar-refractivity contribution in [1.82, 2.24) is 14.9 Å². The third-order valence-electron chi connectivity index (χ3n) is 6.94. The molecule has 1 aliphatic rings. The van der Waals surface area contributed by atoms with Crippen LogP contribution in [0.2, 0.25) is 0 Å². The molecule has 2 heterocycles. The maximum atomic E-state index is 12.7. The number of carbonyl (C=O) groups excluding carboxylic acids is 1. The Bertz CT molecular complexity index is 1840. The Morgan fingerprint density at radius 2 is 1.66 bits per heavy atom. The van der Waals surface area contributed by atoms with Gasteiger partial charge in [-0.25, -0.2) is 18.4 Å². The van der Waals surface area contributed by atoms with Crippen molar-refractivity contribution in [1.29, 1.82) is 0 Å². The summed E-state index contributed by atoms with van der Waals surface area (Å²) >= 11 is 0. The number of hydrogen-bond donors (Lipinski definition) is 1. The predicted molar refractivity (Wildman–Crippen MR) is 166 cm³/mol. The Hall–Kier alpha value is -3.68. The van der Waals surface area contributed by atoms with Gasteiger partial charge in [0.05, 0.1) is 16.3 Å². The topological polar surface area (TPSA) is 145 Å². The van der Waals surface area contributed by atoms with Crippen LogP contribution >= 0.6 is 0 Å². The first kappa shape index (κ1) is 33.2. The van der Waals surface area contributed by atoms with Gasteiger partial charge in [-0.15, -0.1) is 9.89 Å². The van der Waals surface area contributed by atoms with Crippen molar-refractivity contribution in [3.05, 3.63) is 84.2 Å². The molecule has 222 valence electrons. The molecule has 44 heavy (non-hydrogen) atoms. The average Bonchev–Trinajstić information content (AvgIpc) is 3.54. The maximum absolute atomic E-state index is 12.7. The van der Waals surface area contributed by atoms with E-state index in [0.717, 1.165) is 42.3 Å². The number of carbonyl (C=O) groups is 1. The summed E-state index contributed by atoms with van der Waals surface area (Å²) in [5.74, 6) is 0.438. The number of aliphatic imine (C=N–C) groups is 1. The van der Waals surface area contributed by atoms with Gasteiger partial charge in [0.2, 0.25) is 5.82 Å². The zero-order valence-corrected chi connectivity index (χ0v) is 28.4. The van der Waals surface area contributed by atoms with Crippen LogP contribution in [0.1, 0.15) is 50.8 Å². The average molecular weight is 622 g/mol. The van der Waals surface area contributed by atoms with E-state index in [1.807, 2.05) is 12.1 Å². The first-order valence-electron chi connectivity index (χ1n) is 13.9. The van der Waals surface area contributed by atoms with E-state index in [4.69, 9.17) is 15.1 Å². The quantitative estimate of drug-likeness (QED) is 0.235. The number of nitrogens with one attached hydrogen (secondary N) is 1. The van der Waals surface area contributed by atoms with Crippen LogP contribution in [0.3, 0.4) is 0 Å². The molecule has 0 spiro atoms. The SMILES string of the molecule is CCN(CC)c1ccc(N=C2C(C(C)(C)C)=Nn3nc(-c4ccc(NC(=O)c5cccc(S(=O)(=O)[O-])c5)cc4)nc32)cc1.[Na+]. The molecule has 3 aromatic carbocycles. The first-order valence-corrected chi connectivity index (χ1v) is 15.3. The van der Waals surface area contributed by atoms with Gasteiger partial charge in [-0.05, 0) is 80.6 Å². The first-order chi connectivity index (χ1) is 20.4. The van der Waals surface area contributed by atoms with Crippen LogP contribution < -0.4 is 39.8 Å². The van der Waals surface area contributed by atoms with Crippen molar-refractivity contribution in [2.24, 2.45) is 15.5 Å². The third-order valence-corrected chi connectivity index (χ3v) is 7.77. The predicted octanol–water partition coefficient (Wildman–Crippen LogP) is 2.34. The fourth-order valence-electron chi connectivity index (χ4n) is 4.65. The summed E-state index contributed by atoms with van der Waals surface area (Å²) in [6, 6.07) is 20.0. The van der Waals surface area contributed by atoms with Crippen LogP contribution in [-0.4, -0.2) is 58.3 Å². The van der Waals surface area contributed by atoms with Gasteiger partial charge in [0.25, 0.3) is 5.91 Å². The Labute approximate surface area is 279 Å². The Morgan fingerprint density at radius 1 is 1.00 bits per heavy atom. The molecule has 0 aliphatic carbocycles. The van der Waals surface area contributed by atoms with E-state index < -0.39 is 20.9 Å². The van der Waals surface area contributed by atoms with Crippen molar-refractivity contribution < 1.29 is 47.3 Å². The summed E-state index contributed by atoms with van der Waals surface area (Å²) in [5.41, 5.74) is 4.31. The Kier molecular flexibility index (Phi) is 9.91. The monoisotopic (exact) mass is 621 g/mol. The van der Waals surface area contributed by atoms with Crippen LogP contribution in [0.4, 0.5) is 17.1 Å². The maximum Gasteiger partial charge on any atom is 1.00 e. The van der Waals surface area contributed by atoms with Gasteiger partial charge in [-0.3, -0.25) is 4.79 Å². The molecule has 0 unspecified atom stereocenters.